The molecule has 0 amide bonds. The van der Waals surface area contributed by atoms with Crippen LogP contribution in [-0.2, 0) is 5.75 Å². The normalized spacial score (nSPS) is 11.8. The van der Waals surface area contributed by atoms with Crippen LogP contribution >= 0.6 is 11.8 Å². The number of thioether (sulfide) groups is 1. The maximum absolute atomic E-state index is 9.77. The summed E-state index contributed by atoms with van der Waals surface area (Å²) in [5.41, 5.74) is 2.73. The number of hydrogen-bond donors (Lipinski definition) is 1. The monoisotopic (exact) mass is 269 g/mol. The molecule has 96 valence electrons. The highest BCUT2D eigenvalue weighted by Gasteiger charge is 2.09. The minimum Gasteiger partial charge on any atom is -0.389 e. The summed E-state index contributed by atoms with van der Waals surface area (Å²) in [6.45, 7) is 1.74. The molecule has 1 unspecified atom stereocenters. The molecule has 1 atom stereocenters. The Bertz CT molecular complexity index is 587. The van der Waals surface area contributed by atoms with Gasteiger partial charge in [-0.1, -0.05) is 36.4 Å². The van der Waals surface area contributed by atoms with Crippen LogP contribution in [0.3, 0.4) is 0 Å². The summed E-state index contributed by atoms with van der Waals surface area (Å²) in [7, 11) is 0. The van der Waals surface area contributed by atoms with E-state index in [0.29, 0.717) is 5.56 Å². The Morgan fingerprint density at radius 2 is 1.95 bits per heavy atom. The summed E-state index contributed by atoms with van der Waals surface area (Å²) in [6.07, 6.45) is -0.522. The molecule has 2 aromatic carbocycles. The van der Waals surface area contributed by atoms with Crippen molar-refractivity contribution in [2.75, 3.05) is 0 Å². The predicted molar refractivity (Wildman–Crippen MR) is 77.8 cm³/mol. The zero-order chi connectivity index (χ0) is 13.7. The average molecular weight is 269 g/mol. The number of benzene rings is 2. The van der Waals surface area contributed by atoms with Crippen LogP contribution in [0.5, 0.6) is 0 Å². The average Bonchev–Trinajstić information content (AvgIpc) is 2.45. The molecule has 19 heavy (non-hydrogen) atoms. The number of nitrogens with zero attached hydrogens (tertiary/aromatic N) is 1. The summed E-state index contributed by atoms with van der Waals surface area (Å²) in [5.74, 6) is 0.829. The van der Waals surface area contributed by atoms with Gasteiger partial charge >= 0.3 is 0 Å². The fourth-order valence-electron chi connectivity index (χ4n) is 1.81. The van der Waals surface area contributed by atoms with Gasteiger partial charge in [0.25, 0.3) is 0 Å². The maximum atomic E-state index is 9.77. The molecule has 0 saturated heterocycles. The van der Waals surface area contributed by atoms with E-state index in [2.05, 4.69) is 18.2 Å². The Morgan fingerprint density at radius 3 is 2.58 bits per heavy atom. The van der Waals surface area contributed by atoms with Crippen LogP contribution in [0.15, 0.2) is 53.4 Å². The maximum Gasteiger partial charge on any atom is 0.0992 e. The van der Waals surface area contributed by atoms with Crippen molar-refractivity contribution in [2.45, 2.75) is 23.7 Å². The Balaban J connectivity index is 2.21. The molecule has 0 aliphatic heterocycles. The highest BCUT2D eigenvalue weighted by Crippen LogP contribution is 2.30. The van der Waals surface area contributed by atoms with Gasteiger partial charge in [0, 0.05) is 10.6 Å². The van der Waals surface area contributed by atoms with E-state index >= 15 is 0 Å². The van der Waals surface area contributed by atoms with E-state index in [4.69, 9.17) is 5.26 Å². The molecule has 0 aliphatic rings. The highest BCUT2D eigenvalue weighted by molar-refractivity contribution is 7.98. The van der Waals surface area contributed by atoms with E-state index in [0.717, 1.165) is 16.2 Å². The predicted octanol–water partition coefficient (Wildman–Crippen LogP) is 3.90. The van der Waals surface area contributed by atoms with Crippen LogP contribution < -0.4 is 0 Å². The van der Waals surface area contributed by atoms with E-state index in [9.17, 15) is 5.11 Å². The van der Waals surface area contributed by atoms with Crippen molar-refractivity contribution in [3.63, 3.8) is 0 Å². The number of aliphatic hydroxyl groups is 1. The van der Waals surface area contributed by atoms with Gasteiger partial charge in [-0.3, -0.25) is 0 Å². The largest absolute Gasteiger partial charge is 0.389 e. The fraction of sp³-hybridized carbons (Fsp3) is 0.188. The van der Waals surface area contributed by atoms with Gasteiger partial charge in [0.1, 0.15) is 0 Å². The third-order valence-corrected chi connectivity index (χ3v) is 3.97. The molecule has 2 nitrogen and oxygen atoms in total. The quantitative estimate of drug-likeness (QED) is 0.856. The number of hydrogen-bond acceptors (Lipinski definition) is 3. The molecule has 0 heterocycles. The molecule has 0 saturated carbocycles. The molecule has 0 bridgehead atoms. The lowest BCUT2D eigenvalue weighted by atomic mass is 10.1. The first-order valence-corrected chi connectivity index (χ1v) is 7.08. The van der Waals surface area contributed by atoms with E-state index in [1.54, 1.807) is 24.8 Å². The van der Waals surface area contributed by atoms with Crippen LogP contribution in [0.25, 0.3) is 0 Å². The molecular formula is C16H15NOS. The molecule has 0 fully saturated rings. The molecule has 0 spiro atoms. The van der Waals surface area contributed by atoms with Gasteiger partial charge in [-0.25, -0.2) is 0 Å². The third kappa shape index (κ3) is 3.60. The zero-order valence-corrected chi connectivity index (χ0v) is 11.5. The molecular weight excluding hydrogens is 254 g/mol. The van der Waals surface area contributed by atoms with Gasteiger partial charge in [0.05, 0.1) is 17.7 Å². The van der Waals surface area contributed by atoms with Crippen molar-refractivity contribution in [1.29, 1.82) is 5.26 Å². The van der Waals surface area contributed by atoms with Gasteiger partial charge in [-0.05, 0) is 30.2 Å². The molecule has 0 radical (unpaired) electrons. The van der Waals surface area contributed by atoms with Crippen molar-refractivity contribution >= 4 is 11.8 Å². The van der Waals surface area contributed by atoms with Gasteiger partial charge in [-0.15, -0.1) is 11.8 Å². The standard InChI is InChI=1S/C16H15NOS/c1-12(18)15-8-7-14(10-17)9-16(15)19-11-13-5-3-2-4-6-13/h2-9,12,18H,11H2,1H3. The van der Waals surface area contributed by atoms with Crippen LogP contribution in [0, 0.1) is 11.3 Å². The summed E-state index contributed by atoms with van der Waals surface area (Å²) < 4.78 is 0. The summed E-state index contributed by atoms with van der Waals surface area (Å²) in [5, 5.41) is 18.7. The van der Waals surface area contributed by atoms with Gasteiger partial charge in [0.2, 0.25) is 0 Å². The Hall–Kier alpha value is -1.76. The third-order valence-electron chi connectivity index (χ3n) is 2.83. The van der Waals surface area contributed by atoms with Crippen molar-refractivity contribution in [3.8, 4) is 6.07 Å². The number of rotatable bonds is 4. The van der Waals surface area contributed by atoms with E-state index in [1.807, 2.05) is 30.3 Å². The van der Waals surface area contributed by atoms with Gasteiger partial charge in [-0.2, -0.15) is 5.26 Å². The smallest absolute Gasteiger partial charge is 0.0992 e. The van der Waals surface area contributed by atoms with Crippen molar-refractivity contribution < 1.29 is 5.11 Å². The SMILES string of the molecule is CC(O)c1ccc(C#N)cc1SCc1ccccc1. The lowest BCUT2D eigenvalue weighted by molar-refractivity contribution is 0.196. The Kier molecular flexibility index (Phi) is 4.62. The molecule has 2 rings (SSSR count). The minimum atomic E-state index is -0.522. The molecule has 0 aliphatic carbocycles. The lowest BCUT2D eigenvalue weighted by Gasteiger charge is -2.12. The van der Waals surface area contributed by atoms with Crippen LogP contribution in [0.1, 0.15) is 29.7 Å². The lowest BCUT2D eigenvalue weighted by Crippen LogP contribution is -1.95. The highest BCUT2D eigenvalue weighted by atomic mass is 32.2. The van der Waals surface area contributed by atoms with Crippen LogP contribution in [-0.4, -0.2) is 5.11 Å². The van der Waals surface area contributed by atoms with Crippen molar-refractivity contribution in [3.05, 3.63) is 65.2 Å². The van der Waals surface area contributed by atoms with Crippen molar-refractivity contribution in [2.24, 2.45) is 0 Å². The van der Waals surface area contributed by atoms with Gasteiger partial charge in [0.15, 0.2) is 0 Å². The summed E-state index contributed by atoms with van der Waals surface area (Å²) in [4.78, 5) is 0.970. The first-order chi connectivity index (χ1) is 9.20. The van der Waals surface area contributed by atoms with E-state index < -0.39 is 6.10 Å². The Labute approximate surface area is 117 Å². The topological polar surface area (TPSA) is 44.0 Å². The molecule has 0 aromatic heterocycles. The van der Waals surface area contributed by atoms with Crippen molar-refractivity contribution in [1.82, 2.24) is 0 Å². The Morgan fingerprint density at radius 1 is 1.21 bits per heavy atom. The van der Waals surface area contributed by atoms with Gasteiger partial charge < -0.3 is 5.11 Å². The van der Waals surface area contributed by atoms with Crippen LogP contribution in [0.2, 0.25) is 0 Å². The van der Waals surface area contributed by atoms with E-state index in [-0.39, 0.29) is 0 Å². The fourth-order valence-corrected chi connectivity index (χ4v) is 2.94. The second-order valence-electron chi connectivity index (χ2n) is 4.31. The first kappa shape index (κ1) is 13.7. The number of nitriles is 1. The summed E-state index contributed by atoms with van der Waals surface area (Å²) in [6, 6.07) is 17.7. The second-order valence-corrected chi connectivity index (χ2v) is 5.33. The van der Waals surface area contributed by atoms with E-state index in [1.165, 1.54) is 5.56 Å². The van der Waals surface area contributed by atoms with Crippen LogP contribution in [0.4, 0.5) is 0 Å². The minimum absolute atomic E-state index is 0.522. The molecule has 3 heteroatoms. The molecule has 2 aromatic rings. The summed E-state index contributed by atoms with van der Waals surface area (Å²) >= 11 is 1.65. The molecule has 1 N–H and O–H groups in total. The zero-order valence-electron chi connectivity index (χ0n) is 10.7. The second kappa shape index (κ2) is 6.42. The first-order valence-electron chi connectivity index (χ1n) is 6.09. The number of aliphatic hydroxyl groups excluding tert-OH is 1.